The van der Waals surface area contributed by atoms with Gasteiger partial charge < -0.3 is 10.6 Å². The first-order valence-electron chi connectivity index (χ1n) is 6.84. The van der Waals surface area contributed by atoms with E-state index in [1.165, 1.54) is 12.8 Å². The van der Waals surface area contributed by atoms with Gasteiger partial charge in [-0.05, 0) is 31.9 Å². The molecule has 0 radical (unpaired) electrons. The van der Waals surface area contributed by atoms with Crippen LogP contribution in [0.1, 0.15) is 48.5 Å². The van der Waals surface area contributed by atoms with Gasteiger partial charge in [0, 0.05) is 23.7 Å². The minimum atomic E-state index is 0.0903. The molecule has 1 aromatic rings. The van der Waals surface area contributed by atoms with Crippen molar-refractivity contribution in [2.75, 3.05) is 6.54 Å². The molecule has 2 rings (SSSR count). The molecular weight excluding hydrogens is 256 g/mol. The monoisotopic (exact) mass is 276 g/mol. The van der Waals surface area contributed by atoms with Crippen LogP contribution in [0, 0.1) is 0 Å². The van der Waals surface area contributed by atoms with Crippen molar-refractivity contribution >= 4 is 23.1 Å². The van der Waals surface area contributed by atoms with E-state index in [1.54, 1.807) is 6.07 Å². The lowest BCUT2D eigenvalue weighted by molar-refractivity contribution is 0.0693. The van der Waals surface area contributed by atoms with Gasteiger partial charge in [-0.3, -0.25) is 4.79 Å². The predicted molar refractivity (Wildman–Crippen MR) is 81.3 cm³/mol. The molecule has 0 unspecified atom stereocenters. The summed E-state index contributed by atoms with van der Waals surface area (Å²) in [4.78, 5) is 14.9. The molecule has 4 heteroatoms. The highest BCUT2D eigenvalue weighted by atomic mass is 32.1. The first-order valence-corrected chi connectivity index (χ1v) is 7.25. The summed E-state index contributed by atoms with van der Waals surface area (Å²) >= 11 is 4.96. The number of hydrogen-bond donors (Lipinski definition) is 1. The molecule has 0 bridgehead atoms. The third-order valence-corrected chi connectivity index (χ3v) is 4.00. The van der Waals surface area contributed by atoms with Crippen molar-refractivity contribution in [1.82, 2.24) is 4.90 Å². The number of carbonyl (C=O) groups excluding carboxylic acids is 1. The highest BCUT2D eigenvalue weighted by Gasteiger charge is 2.26. The normalized spacial score (nSPS) is 15.4. The molecule has 0 atom stereocenters. The van der Waals surface area contributed by atoms with Gasteiger partial charge in [0.15, 0.2) is 0 Å². The van der Waals surface area contributed by atoms with Crippen LogP contribution in [0.3, 0.4) is 0 Å². The van der Waals surface area contributed by atoms with E-state index in [0.29, 0.717) is 16.6 Å². The number of rotatable bonds is 4. The van der Waals surface area contributed by atoms with E-state index in [0.717, 1.165) is 24.9 Å². The Bertz CT molecular complexity index is 481. The van der Waals surface area contributed by atoms with Gasteiger partial charge in [0.1, 0.15) is 4.99 Å². The predicted octanol–water partition coefficient (Wildman–Crippen LogP) is 2.73. The molecule has 0 spiro atoms. The molecule has 0 heterocycles. The van der Waals surface area contributed by atoms with Crippen molar-refractivity contribution in [3.63, 3.8) is 0 Å². The number of carbonyl (C=O) groups is 1. The lowest BCUT2D eigenvalue weighted by Crippen LogP contribution is -2.38. The number of thiocarbonyl (C=S) groups is 1. The highest BCUT2D eigenvalue weighted by molar-refractivity contribution is 7.80. The van der Waals surface area contributed by atoms with Crippen LogP contribution in [0.4, 0.5) is 0 Å². The minimum absolute atomic E-state index is 0.0903. The van der Waals surface area contributed by atoms with Crippen LogP contribution >= 0.6 is 12.2 Å². The van der Waals surface area contributed by atoms with E-state index < -0.39 is 0 Å². The van der Waals surface area contributed by atoms with Crippen molar-refractivity contribution in [3.8, 4) is 0 Å². The fraction of sp³-hybridized carbons (Fsp3) is 0.467. The lowest BCUT2D eigenvalue weighted by Gasteiger charge is -2.27. The van der Waals surface area contributed by atoms with Crippen molar-refractivity contribution < 1.29 is 4.79 Å². The molecule has 1 amide bonds. The summed E-state index contributed by atoms with van der Waals surface area (Å²) in [6.45, 7) is 2.79. The Morgan fingerprint density at radius 2 is 2.00 bits per heavy atom. The Balaban J connectivity index is 2.21. The van der Waals surface area contributed by atoms with E-state index in [2.05, 4.69) is 0 Å². The average molecular weight is 276 g/mol. The van der Waals surface area contributed by atoms with Crippen LogP contribution in [0.15, 0.2) is 24.3 Å². The number of nitrogens with two attached hydrogens (primary N) is 1. The number of benzene rings is 1. The van der Waals surface area contributed by atoms with Crippen molar-refractivity contribution in [1.29, 1.82) is 0 Å². The Morgan fingerprint density at radius 3 is 2.58 bits per heavy atom. The second-order valence-corrected chi connectivity index (χ2v) is 5.41. The summed E-state index contributed by atoms with van der Waals surface area (Å²) in [5.41, 5.74) is 7.05. The summed E-state index contributed by atoms with van der Waals surface area (Å²) in [6, 6.07) is 7.70. The third-order valence-electron chi connectivity index (χ3n) is 3.76. The Hall–Kier alpha value is -1.42. The zero-order valence-electron chi connectivity index (χ0n) is 11.3. The molecule has 0 aliphatic heterocycles. The quantitative estimate of drug-likeness (QED) is 0.860. The number of hydrogen-bond acceptors (Lipinski definition) is 2. The van der Waals surface area contributed by atoms with Crippen LogP contribution in [0.25, 0.3) is 0 Å². The minimum Gasteiger partial charge on any atom is -0.389 e. The maximum absolute atomic E-state index is 12.6. The maximum atomic E-state index is 12.6. The fourth-order valence-corrected chi connectivity index (χ4v) is 2.88. The van der Waals surface area contributed by atoms with Gasteiger partial charge >= 0.3 is 0 Å². The van der Waals surface area contributed by atoms with E-state index in [4.69, 9.17) is 18.0 Å². The topological polar surface area (TPSA) is 46.3 Å². The Labute approximate surface area is 119 Å². The molecule has 2 N–H and O–H groups in total. The molecule has 1 saturated carbocycles. The molecule has 3 nitrogen and oxygen atoms in total. The van der Waals surface area contributed by atoms with Gasteiger partial charge in [-0.1, -0.05) is 37.2 Å². The summed E-state index contributed by atoms with van der Waals surface area (Å²) in [5, 5.41) is 0. The largest absolute Gasteiger partial charge is 0.389 e. The van der Waals surface area contributed by atoms with E-state index in [1.807, 2.05) is 30.0 Å². The molecule has 0 saturated heterocycles. The van der Waals surface area contributed by atoms with Gasteiger partial charge in [0.05, 0.1) is 0 Å². The van der Waals surface area contributed by atoms with Gasteiger partial charge in [-0.2, -0.15) is 0 Å². The number of amides is 1. The van der Waals surface area contributed by atoms with Crippen molar-refractivity contribution in [3.05, 3.63) is 35.4 Å². The average Bonchev–Trinajstić information content (AvgIpc) is 2.93. The summed E-state index contributed by atoms with van der Waals surface area (Å²) in [5.74, 6) is 0.0903. The Kier molecular flexibility index (Phi) is 4.53. The molecule has 1 aliphatic rings. The van der Waals surface area contributed by atoms with E-state index >= 15 is 0 Å². The van der Waals surface area contributed by atoms with E-state index in [-0.39, 0.29) is 5.91 Å². The maximum Gasteiger partial charge on any atom is 0.254 e. The van der Waals surface area contributed by atoms with Crippen LogP contribution < -0.4 is 5.73 Å². The highest BCUT2D eigenvalue weighted by Crippen LogP contribution is 2.24. The molecule has 0 aromatic heterocycles. The molecular formula is C15H20N2OS. The van der Waals surface area contributed by atoms with Gasteiger partial charge in [0.2, 0.25) is 0 Å². The lowest BCUT2D eigenvalue weighted by atomic mass is 10.1. The summed E-state index contributed by atoms with van der Waals surface area (Å²) in [6.07, 6.45) is 4.69. The van der Waals surface area contributed by atoms with Crippen LogP contribution in [0.2, 0.25) is 0 Å². The second-order valence-electron chi connectivity index (χ2n) is 4.97. The summed E-state index contributed by atoms with van der Waals surface area (Å²) < 4.78 is 0. The smallest absolute Gasteiger partial charge is 0.254 e. The SMILES string of the molecule is CCN(C(=O)c1cccc(C(N)=S)c1)C1CCCC1. The van der Waals surface area contributed by atoms with Crippen molar-refractivity contribution in [2.45, 2.75) is 38.6 Å². The zero-order chi connectivity index (χ0) is 13.8. The van der Waals surface area contributed by atoms with Crippen LogP contribution in [-0.2, 0) is 0 Å². The molecule has 19 heavy (non-hydrogen) atoms. The summed E-state index contributed by atoms with van der Waals surface area (Å²) in [7, 11) is 0. The zero-order valence-corrected chi connectivity index (χ0v) is 12.1. The van der Waals surface area contributed by atoms with Crippen LogP contribution in [0.5, 0.6) is 0 Å². The molecule has 1 aliphatic carbocycles. The third kappa shape index (κ3) is 3.13. The van der Waals surface area contributed by atoms with E-state index in [9.17, 15) is 4.79 Å². The standard InChI is InChI=1S/C15H20N2OS/c1-2-17(13-8-3-4-9-13)15(18)12-7-5-6-11(10-12)14(16)19/h5-7,10,13H,2-4,8-9H2,1H3,(H2,16,19). The Morgan fingerprint density at radius 1 is 1.37 bits per heavy atom. The van der Waals surface area contributed by atoms with Crippen LogP contribution in [-0.4, -0.2) is 28.4 Å². The molecule has 102 valence electrons. The fourth-order valence-electron chi connectivity index (χ4n) is 2.75. The molecule has 1 aromatic carbocycles. The van der Waals surface area contributed by atoms with Gasteiger partial charge in [-0.25, -0.2) is 0 Å². The number of nitrogens with zero attached hydrogens (tertiary/aromatic N) is 1. The molecule has 1 fully saturated rings. The first-order chi connectivity index (χ1) is 9.13. The first kappa shape index (κ1) is 14.0. The van der Waals surface area contributed by atoms with Crippen molar-refractivity contribution in [2.24, 2.45) is 5.73 Å². The second kappa shape index (κ2) is 6.15. The van der Waals surface area contributed by atoms with Gasteiger partial charge in [-0.15, -0.1) is 0 Å². The van der Waals surface area contributed by atoms with Gasteiger partial charge in [0.25, 0.3) is 5.91 Å².